The minimum absolute atomic E-state index is 0.0589. The molecule has 1 aliphatic heterocycles. The molecule has 20 heavy (non-hydrogen) atoms. The minimum Gasteiger partial charge on any atom is -0.392 e. The molecule has 1 N–H and O–H groups in total. The third-order valence-electron chi connectivity index (χ3n) is 3.57. The summed E-state index contributed by atoms with van der Waals surface area (Å²) in [7, 11) is 0. The maximum Gasteiger partial charge on any atom is 0.128 e. The second kappa shape index (κ2) is 5.88. The molecule has 0 amide bonds. The van der Waals surface area contributed by atoms with Gasteiger partial charge in [0.15, 0.2) is 0 Å². The largest absolute Gasteiger partial charge is 0.392 e. The van der Waals surface area contributed by atoms with Crippen molar-refractivity contribution in [1.29, 1.82) is 0 Å². The van der Waals surface area contributed by atoms with Gasteiger partial charge in [0, 0.05) is 38.6 Å². The van der Waals surface area contributed by atoms with Crippen LogP contribution >= 0.6 is 0 Å². The molecule has 0 atom stereocenters. The molecular weight excluding hydrogens is 252 g/mol. The number of aromatic nitrogens is 2. The fraction of sp³-hybridized carbons (Fsp3) is 0.333. The van der Waals surface area contributed by atoms with Crippen molar-refractivity contribution >= 4 is 11.6 Å². The first kappa shape index (κ1) is 12.9. The maximum absolute atomic E-state index is 9.19. The molecule has 1 aliphatic rings. The Morgan fingerprint density at radius 3 is 2.25 bits per heavy atom. The van der Waals surface area contributed by atoms with Crippen LogP contribution in [0.4, 0.5) is 11.6 Å². The molecule has 0 unspecified atom stereocenters. The van der Waals surface area contributed by atoms with E-state index in [-0.39, 0.29) is 6.61 Å². The zero-order chi connectivity index (χ0) is 13.8. The highest BCUT2D eigenvalue weighted by molar-refractivity contribution is 5.45. The molecule has 0 bridgehead atoms. The van der Waals surface area contributed by atoms with E-state index in [1.807, 2.05) is 36.5 Å². The molecule has 104 valence electrons. The first-order valence-corrected chi connectivity index (χ1v) is 6.83. The molecule has 0 spiro atoms. The standard InChI is InChI=1S/C15H18N4O/c20-12-13-4-6-17-15(11-13)19-9-7-18(8-10-19)14-3-1-2-5-16-14/h1-6,11,20H,7-10,12H2. The molecular formula is C15H18N4O. The lowest BCUT2D eigenvalue weighted by Gasteiger charge is -2.36. The molecule has 5 heteroatoms. The highest BCUT2D eigenvalue weighted by Gasteiger charge is 2.18. The number of pyridine rings is 2. The van der Waals surface area contributed by atoms with E-state index >= 15 is 0 Å². The van der Waals surface area contributed by atoms with Crippen LogP contribution in [0.15, 0.2) is 42.7 Å². The minimum atomic E-state index is 0.0589. The Hall–Kier alpha value is -2.14. The summed E-state index contributed by atoms with van der Waals surface area (Å²) in [5, 5.41) is 9.19. The summed E-state index contributed by atoms with van der Waals surface area (Å²) in [4.78, 5) is 13.3. The molecule has 0 aromatic carbocycles. The van der Waals surface area contributed by atoms with Gasteiger partial charge in [-0.2, -0.15) is 0 Å². The summed E-state index contributed by atoms with van der Waals surface area (Å²) in [6.45, 7) is 3.75. The normalized spacial score (nSPS) is 15.4. The second-order valence-corrected chi connectivity index (χ2v) is 4.84. The van der Waals surface area contributed by atoms with E-state index in [0.29, 0.717) is 0 Å². The summed E-state index contributed by atoms with van der Waals surface area (Å²) >= 11 is 0. The van der Waals surface area contributed by atoms with Crippen LogP contribution in [0.1, 0.15) is 5.56 Å². The van der Waals surface area contributed by atoms with E-state index < -0.39 is 0 Å². The fourth-order valence-corrected chi connectivity index (χ4v) is 2.44. The summed E-state index contributed by atoms with van der Waals surface area (Å²) in [5.74, 6) is 1.97. The Labute approximate surface area is 118 Å². The summed E-state index contributed by atoms with van der Waals surface area (Å²) in [6, 6.07) is 9.79. The van der Waals surface area contributed by atoms with E-state index in [9.17, 15) is 5.11 Å². The van der Waals surface area contributed by atoms with E-state index in [4.69, 9.17) is 0 Å². The van der Waals surface area contributed by atoms with Crippen LogP contribution in [0, 0.1) is 0 Å². The predicted molar refractivity (Wildman–Crippen MR) is 78.8 cm³/mol. The number of hydrogen-bond donors (Lipinski definition) is 1. The van der Waals surface area contributed by atoms with Gasteiger partial charge in [0.05, 0.1) is 6.61 Å². The maximum atomic E-state index is 9.19. The predicted octanol–water partition coefficient (Wildman–Crippen LogP) is 1.30. The van der Waals surface area contributed by atoms with Gasteiger partial charge in [-0.3, -0.25) is 0 Å². The van der Waals surface area contributed by atoms with Gasteiger partial charge in [0.25, 0.3) is 0 Å². The quantitative estimate of drug-likeness (QED) is 0.911. The van der Waals surface area contributed by atoms with Crippen molar-refractivity contribution in [3.05, 3.63) is 48.3 Å². The number of anilines is 2. The number of rotatable bonds is 3. The van der Waals surface area contributed by atoms with Crippen LogP contribution in [0.2, 0.25) is 0 Å². The van der Waals surface area contributed by atoms with E-state index in [1.165, 1.54) is 0 Å². The zero-order valence-electron chi connectivity index (χ0n) is 11.3. The number of hydrogen-bond acceptors (Lipinski definition) is 5. The van der Waals surface area contributed by atoms with Crippen molar-refractivity contribution in [2.24, 2.45) is 0 Å². The van der Waals surface area contributed by atoms with Gasteiger partial charge in [0.2, 0.25) is 0 Å². The Balaban J connectivity index is 1.66. The summed E-state index contributed by atoms with van der Waals surface area (Å²) in [6.07, 6.45) is 3.58. The molecule has 0 aliphatic carbocycles. The van der Waals surface area contributed by atoms with E-state index in [1.54, 1.807) is 6.20 Å². The molecule has 3 heterocycles. The van der Waals surface area contributed by atoms with Gasteiger partial charge in [-0.25, -0.2) is 9.97 Å². The molecule has 0 saturated carbocycles. The van der Waals surface area contributed by atoms with Crippen molar-refractivity contribution in [2.75, 3.05) is 36.0 Å². The molecule has 1 fully saturated rings. The molecule has 2 aromatic rings. The highest BCUT2D eigenvalue weighted by Crippen LogP contribution is 2.18. The monoisotopic (exact) mass is 270 g/mol. The van der Waals surface area contributed by atoms with Crippen LogP contribution in [0.25, 0.3) is 0 Å². The van der Waals surface area contributed by atoms with Crippen molar-refractivity contribution in [1.82, 2.24) is 9.97 Å². The zero-order valence-corrected chi connectivity index (χ0v) is 11.3. The van der Waals surface area contributed by atoms with Crippen molar-refractivity contribution in [2.45, 2.75) is 6.61 Å². The third kappa shape index (κ3) is 2.72. The molecule has 3 rings (SSSR count). The lowest BCUT2D eigenvalue weighted by molar-refractivity contribution is 0.281. The number of aliphatic hydroxyl groups excluding tert-OH is 1. The average molecular weight is 270 g/mol. The number of aliphatic hydroxyl groups is 1. The molecule has 5 nitrogen and oxygen atoms in total. The first-order valence-electron chi connectivity index (χ1n) is 6.83. The van der Waals surface area contributed by atoms with Crippen LogP contribution in [0.3, 0.4) is 0 Å². The summed E-state index contributed by atoms with van der Waals surface area (Å²) < 4.78 is 0. The number of nitrogens with zero attached hydrogens (tertiary/aromatic N) is 4. The number of piperazine rings is 1. The lowest BCUT2D eigenvalue weighted by Crippen LogP contribution is -2.47. The smallest absolute Gasteiger partial charge is 0.128 e. The Bertz CT molecular complexity index is 553. The molecule has 0 radical (unpaired) electrons. The van der Waals surface area contributed by atoms with Gasteiger partial charge in [-0.1, -0.05) is 6.07 Å². The van der Waals surface area contributed by atoms with Crippen molar-refractivity contribution in [3.63, 3.8) is 0 Å². The Morgan fingerprint density at radius 2 is 1.60 bits per heavy atom. The van der Waals surface area contributed by atoms with Crippen molar-refractivity contribution < 1.29 is 5.11 Å². The SMILES string of the molecule is OCc1ccnc(N2CCN(c3ccccn3)CC2)c1. The molecule has 1 saturated heterocycles. The lowest BCUT2D eigenvalue weighted by atomic mass is 10.2. The van der Waals surface area contributed by atoms with Crippen molar-refractivity contribution in [3.8, 4) is 0 Å². The van der Waals surface area contributed by atoms with Crippen LogP contribution < -0.4 is 9.80 Å². The van der Waals surface area contributed by atoms with E-state index in [2.05, 4.69) is 19.8 Å². The second-order valence-electron chi connectivity index (χ2n) is 4.84. The highest BCUT2D eigenvalue weighted by atomic mass is 16.3. The van der Waals surface area contributed by atoms with Gasteiger partial charge >= 0.3 is 0 Å². The summed E-state index contributed by atoms with van der Waals surface area (Å²) in [5.41, 5.74) is 0.905. The van der Waals surface area contributed by atoms with Gasteiger partial charge in [0.1, 0.15) is 11.6 Å². The van der Waals surface area contributed by atoms with Crippen LogP contribution in [0.5, 0.6) is 0 Å². The third-order valence-corrected chi connectivity index (χ3v) is 3.57. The fourth-order valence-electron chi connectivity index (χ4n) is 2.44. The average Bonchev–Trinajstić information content (AvgIpc) is 2.56. The topological polar surface area (TPSA) is 52.5 Å². The first-order chi connectivity index (χ1) is 9.86. The van der Waals surface area contributed by atoms with Gasteiger partial charge in [-0.05, 0) is 29.8 Å². The van der Waals surface area contributed by atoms with E-state index in [0.717, 1.165) is 43.4 Å². The van der Waals surface area contributed by atoms with Gasteiger partial charge < -0.3 is 14.9 Å². The van der Waals surface area contributed by atoms with Crippen LogP contribution in [-0.4, -0.2) is 41.3 Å². The molecule has 2 aromatic heterocycles. The Morgan fingerprint density at radius 1 is 0.900 bits per heavy atom. The Kier molecular flexibility index (Phi) is 3.78. The van der Waals surface area contributed by atoms with Gasteiger partial charge in [-0.15, -0.1) is 0 Å². The van der Waals surface area contributed by atoms with Crippen LogP contribution in [-0.2, 0) is 6.61 Å².